The summed E-state index contributed by atoms with van der Waals surface area (Å²) in [6.45, 7) is 13.4. The Morgan fingerprint density at radius 1 is 1.14 bits per heavy atom. The summed E-state index contributed by atoms with van der Waals surface area (Å²) in [5.41, 5.74) is -3.90. The molecule has 3 saturated carbocycles. The zero-order chi connectivity index (χ0) is 27.6. The van der Waals surface area contributed by atoms with E-state index in [4.69, 9.17) is 4.74 Å². The van der Waals surface area contributed by atoms with E-state index in [1.165, 1.54) is 0 Å². The Morgan fingerprint density at radius 2 is 1.81 bits per heavy atom. The van der Waals surface area contributed by atoms with Gasteiger partial charge in [-0.15, -0.1) is 6.58 Å². The average molecular weight is 521 g/mol. The Kier molecular flexibility index (Phi) is 7.44. The molecule has 0 heterocycles. The molecule has 4 aliphatic rings. The first kappa shape index (κ1) is 28.9. The molecular weight excluding hydrogens is 472 g/mol. The van der Waals surface area contributed by atoms with E-state index in [-0.39, 0.29) is 36.6 Å². The second-order valence-electron chi connectivity index (χ2n) is 13.8. The topological polar surface area (TPSA) is 127 Å². The van der Waals surface area contributed by atoms with Gasteiger partial charge in [-0.1, -0.05) is 19.9 Å². The van der Waals surface area contributed by atoms with Crippen LogP contribution in [0.5, 0.6) is 0 Å². The van der Waals surface area contributed by atoms with Crippen LogP contribution in [-0.4, -0.2) is 73.0 Å². The fraction of sp³-hybridized carbons (Fsp3) is 0.833. The van der Waals surface area contributed by atoms with E-state index in [1.54, 1.807) is 32.9 Å². The first-order valence-corrected chi connectivity index (χ1v) is 14.0. The maximum absolute atomic E-state index is 13.4. The van der Waals surface area contributed by atoms with Gasteiger partial charge in [0.1, 0.15) is 0 Å². The van der Waals surface area contributed by atoms with Crippen molar-refractivity contribution >= 4 is 5.78 Å². The predicted molar refractivity (Wildman–Crippen MR) is 141 cm³/mol. The van der Waals surface area contributed by atoms with Gasteiger partial charge in [-0.05, 0) is 101 Å². The lowest BCUT2D eigenvalue weighted by Gasteiger charge is -2.60. The van der Waals surface area contributed by atoms with E-state index in [9.17, 15) is 30.3 Å². The van der Waals surface area contributed by atoms with E-state index >= 15 is 0 Å². The summed E-state index contributed by atoms with van der Waals surface area (Å²) in [6, 6.07) is 0. The molecule has 7 heteroatoms. The van der Waals surface area contributed by atoms with Crippen molar-refractivity contribution in [3.63, 3.8) is 0 Å². The largest absolute Gasteiger partial charge is 0.390 e. The van der Waals surface area contributed by atoms with Crippen LogP contribution < -0.4 is 0 Å². The molecule has 7 nitrogen and oxygen atoms in total. The number of allylic oxidation sites excluding steroid dienone is 1. The molecule has 0 aromatic carbocycles. The molecule has 4 rings (SSSR count). The maximum atomic E-state index is 13.4. The number of fused-ring (bicyclic) bond motifs is 5. The quantitative estimate of drug-likeness (QED) is 0.311. The van der Waals surface area contributed by atoms with Gasteiger partial charge in [0.25, 0.3) is 0 Å². The Bertz CT molecular complexity index is 935. The van der Waals surface area contributed by atoms with Crippen molar-refractivity contribution in [2.75, 3.05) is 6.61 Å². The summed E-state index contributed by atoms with van der Waals surface area (Å²) >= 11 is 0. The molecule has 5 unspecified atom stereocenters. The van der Waals surface area contributed by atoms with Crippen LogP contribution in [0, 0.1) is 28.6 Å². The molecule has 4 aliphatic carbocycles. The summed E-state index contributed by atoms with van der Waals surface area (Å²) in [5, 5.41) is 55.6. The van der Waals surface area contributed by atoms with Crippen molar-refractivity contribution in [2.45, 2.75) is 121 Å². The third kappa shape index (κ3) is 4.57. The van der Waals surface area contributed by atoms with E-state index in [1.807, 2.05) is 13.8 Å². The van der Waals surface area contributed by atoms with Crippen LogP contribution in [0.2, 0.25) is 0 Å². The minimum Gasteiger partial charge on any atom is -0.390 e. The third-order valence-electron chi connectivity index (χ3n) is 10.9. The molecule has 0 radical (unpaired) electrons. The monoisotopic (exact) mass is 520 g/mol. The number of hydrogen-bond donors (Lipinski definition) is 5. The van der Waals surface area contributed by atoms with Crippen molar-refractivity contribution in [1.29, 1.82) is 0 Å². The number of rotatable bonds is 8. The highest BCUT2D eigenvalue weighted by molar-refractivity contribution is 5.95. The van der Waals surface area contributed by atoms with Crippen LogP contribution in [0.4, 0.5) is 0 Å². The minimum absolute atomic E-state index is 0.0675. The molecule has 0 aromatic heterocycles. The molecule has 0 saturated heterocycles. The number of ketones is 1. The molecule has 0 bridgehead atoms. The van der Waals surface area contributed by atoms with Gasteiger partial charge in [0, 0.05) is 11.3 Å². The molecule has 3 fully saturated rings. The van der Waals surface area contributed by atoms with Crippen LogP contribution in [0.25, 0.3) is 0 Å². The van der Waals surface area contributed by atoms with Crippen LogP contribution in [-0.2, 0) is 9.53 Å². The van der Waals surface area contributed by atoms with Crippen LogP contribution in [0.3, 0.4) is 0 Å². The smallest absolute Gasteiger partial charge is 0.159 e. The van der Waals surface area contributed by atoms with Crippen molar-refractivity contribution in [3.8, 4) is 0 Å². The first-order valence-electron chi connectivity index (χ1n) is 14.0. The van der Waals surface area contributed by atoms with Crippen LogP contribution >= 0.6 is 0 Å². The lowest BCUT2D eigenvalue weighted by atomic mass is 9.45. The van der Waals surface area contributed by atoms with Gasteiger partial charge in [0.2, 0.25) is 0 Å². The SMILES string of the molecule is C=CCO[C@H](CCC(C)(C)O)[C@](C)(O)C1CC[C@@]2(O)C3=CC(=O)C4C[C@@H](O)[C@@H](O)CC4(C)C3CCC12C. The number of aliphatic hydroxyl groups is 5. The number of aliphatic hydroxyl groups excluding tert-OH is 2. The van der Waals surface area contributed by atoms with Gasteiger partial charge in [0.15, 0.2) is 5.78 Å². The maximum Gasteiger partial charge on any atom is 0.159 e. The van der Waals surface area contributed by atoms with Gasteiger partial charge in [-0.25, -0.2) is 0 Å². The molecule has 0 aliphatic heterocycles. The van der Waals surface area contributed by atoms with E-state index < -0.39 is 45.9 Å². The molecule has 0 aromatic rings. The molecule has 0 spiro atoms. The fourth-order valence-electron chi connectivity index (χ4n) is 8.74. The standard InChI is InChI=1S/C30H48O7/c1-7-14-37-25(10-11-26(2,3)34)29(6,35)24-9-13-30(36)19-15-21(31)20-16-22(32)23(33)17-27(20,4)18(19)8-12-28(24,30)5/h7,15,18,20,22-25,32-36H,1,8-14,16-17H2,2-6H3/t18?,20?,22-,23+,24?,25-,27?,28?,29-,30-/m1/s1. The zero-order valence-electron chi connectivity index (χ0n) is 23.2. The van der Waals surface area contributed by atoms with Crippen molar-refractivity contribution in [1.82, 2.24) is 0 Å². The van der Waals surface area contributed by atoms with E-state index in [0.29, 0.717) is 38.5 Å². The lowest BCUT2D eigenvalue weighted by molar-refractivity contribution is -0.184. The Morgan fingerprint density at radius 3 is 2.43 bits per heavy atom. The van der Waals surface area contributed by atoms with Gasteiger partial charge < -0.3 is 30.3 Å². The van der Waals surface area contributed by atoms with Gasteiger partial charge in [-0.2, -0.15) is 0 Å². The highest BCUT2D eigenvalue weighted by Crippen LogP contribution is 2.68. The summed E-state index contributed by atoms with van der Waals surface area (Å²) in [7, 11) is 0. The highest BCUT2D eigenvalue weighted by Gasteiger charge is 2.69. The Hall–Kier alpha value is -1.09. The van der Waals surface area contributed by atoms with Crippen molar-refractivity contribution in [2.24, 2.45) is 28.6 Å². The number of ether oxygens (including phenoxy) is 1. The van der Waals surface area contributed by atoms with E-state index in [2.05, 4.69) is 6.58 Å². The van der Waals surface area contributed by atoms with Gasteiger partial charge in [0.05, 0.1) is 41.7 Å². The number of carbonyl (C=O) groups excluding carboxylic acids is 1. The summed E-state index contributed by atoms with van der Waals surface area (Å²) in [6.07, 6.45) is 4.84. The molecule has 210 valence electrons. The molecule has 10 atom stereocenters. The highest BCUT2D eigenvalue weighted by atomic mass is 16.5. The fourth-order valence-corrected chi connectivity index (χ4v) is 8.74. The molecule has 0 amide bonds. The minimum atomic E-state index is -1.28. The van der Waals surface area contributed by atoms with Gasteiger partial charge >= 0.3 is 0 Å². The molecule has 5 N–H and O–H groups in total. The van der Waals surface area contributed by atoms with Gasteiger partial charge in [-0.3, -0.25) is 4.79 Å². The van der Waals surface area contributed by atoms with Crippen molar-refractivity contribution in [3.05, 3.63) is 24.3 Å². The normalized spacial score (nSPS) is 44.2. The summed E-state index contributed by atoms with van der Waals surface area (Å²) < 4.78 is 6.07. The van der Waals surface area contributed by atoms with Crippen molar-refractivity contribution < 1.29 is 35.1 Å². The first-order chi connectivity index (χ1) is 17.0. The second kappa shape index (κ2) is 9.53. The molecular formula is C30H48O7. The number of hydrogen-bond acceptors (Lipinski definition) is 7. The average Bonchev–Trinajstić information content (AvgIpc) is 3.07. The predicted octanol–water partition coefficient (Wildman–Crippen LogP) is 3.06. The number of carbonyl (C=O) groups is 1. The Labute approximate surface area is 221 Å². The van der Waals surface area contributed by atoms with E-state index in [0.717, 1.165) is 12.0 Å². The second-order valence-corrected chi connectivity index (χ2v) is 13.8. The summed E-state index contributed by atoms with van der Waals surface area (Å²) in [5.74, 6) is -0.804. The van der Waals surface area contributed by atoms with Crippen LogP contribution in [0.1, 0.15) is 86.0 Å². The zero-order valence-corrected chi connectivity index (χ0v) is 23.2. The Balaban J connectivity index is 1.68. The summed E-state index contributed by atoms with van der Waals surface area (Å²) in [4.78, 5) is 13.4. The molecule has 37 heavy (non-hydrogen) atoms. The van der Waals surface area contributed by atoms with Crippen LogP contribution in [0.15, 0.2) is 24.3 Å². The third-order valence-corrected chi connectivity index (χ3v) is 10.9. The lowest BCUT2D eigenvalue weighted by Crippen LogP contribution is -2.63.